The Balaban J connectivity index is 0.594. The van der Waals surface area contributed by atoms with Crippen molar-refractivity contribution < 1.29 is 0 Å². The molecule has 22 rings (SSSR count). The fourth-order valence-corrected chi connectivity index (χ4v) is 20.0. The van der Waals surface area contributed by atoms with Gasteiger partial charge in [0.2, 0.25) is 0 Å². The first-order valence-electron chi connectivity index (χ1n) is 35.0. The molecule has 16 aromatic rings. The van der Waals surface area contributed by atoms with Crippen molar-refractivity contribution in [2.24, 2.45) is 0 Å². The van der Waals surface area contributed by atoms with Crippen molar-refractivity contribution in [1.82, 2.24) is 9.97 Å². The Hall–Kier alpha value is -12.6. The van der Waals surface area contributed by atoms with E-state index in [1.165, 1.54) is 150 Å². The number of benzene rings is 14. The second-order valence-electron chi connectivity index (χ2n) is 28.0. The van der Waals surface area contributed by atoms with E-state index in [0.717, 1.165) is 39.3 Å². The van der Waals surface area contributed by atoms with E-state index < -0.39 is 21.7 Å². The van der Waals surface area contributed by atoms with Crippen LogP contribution in [0.2, 0.25) is 0 Å². The first-order valence-corrected chi connectivity index (χ1v) is 35.0. The molecular weight excluding hydrogens is 1210 g/mol. The van der Waals surface area contributed by atoms with E-state index in [1.807, 2.05) is 6.20 Å². The molecule has 0 saturated carbocycles. The number of aromatic nitrogens is 2. The van der Waals surface area contributed by atoms with E-state index in [-0.39, 0.29) is 0 Å². The third-order valence-electron chi connectivity index (χ3n) is 23.8. The van der Waals surface area contributed by atoms with Gasteiger partial charge in [0.25, 0.3) is 0 Å². The molecule has 0 bridgehead atoms. The smallest absolute Gasteiger partial charge is 0.0893 e. The molecule has 14 aromatic carbocycles. The van der Waals surface area contributed by atoms with Crippen LogP contribution in [0.3, 0.4) is 0 Å². The monoisotopic (exact) mass is 1260 g/mol. The van der Waals surface area contributed by atoms with Gasteiger partial charge in [0.15, 0.2) is 0 Å². The van der Waals surface area contributed by atoms with Crippen LogP contribution in [0.25, 0.3) is 101 Å². The summed E-state index contributed by atoms with van der Waals surface area (Å²) >= 11 is 0. The highest BCUT2D eigenvalue weighted by Gasteiger charge is 2.61. The van der Waals surface area contributed by atoms with Crippen molar-refractivity contribution in [2.45, 2.75) is 21.7 Å². The zero-order chi connectivity index (χ0) is 65.5. The fourth-order valence-electron chi connectivity index (χ4n) is 20.0. The summed E-state index contributed by atoms with van der Waals surface area (Å²) in [6.45, 7) is 0. The van der Waals surface area contributed by atoms with Gasteiger partial charge in [0, 0.05) is 11.8 Å². The standard InChI is InChI=1S/C98H60N2/c1-8-29-76-68(22-1)69-23-2-9-30-77(69)95(76)84-36-15-17-38-86(84)97(87-39-18-16-37-85(87)95)82-35-14-7-28-74(82)75-58-65(52-54-83(75)97)61-48-50-64(51-49-61)92-42-21-43-93(100-92)94-60-67(56-57-99-94)63-46-44-62(45-47-63)66-53-55-90-91(59-66)98(80-33-12-5-26-72(80)73-27-6-13-34-81(73)98)89-41-20-19-40-88(89)96(90)78-31-10-3-24-70(78)71-25-4-11-32-79(71)96/h1-60H. The van der Waals surface area contributed by atoms with Crippen LogP contribution in [-0.4, -0.2) is 9.97 Å². The van der Waals surface area contributed by atoms with Crippen molar-refractivity contribution in [3.05, 3.63) is 453 Å². The highest BCUT2D eigenvalue weighted by molar-refractivity contribution is 5.97. The maximum atomic E-state index is 5.31. The highest BCUT2D eigenvalue weighted by atomic mass is 14.8. The normalized spacial score (nSPS) is 14.9. The Morgan fingerprint density at radius 2 is 0.410 bits per heavy atom. The molecule has 2 heteroatoms. The molecule has 462 valence electrons. The van der Waals surface area contributed by atoms with Crippen molar-refractivity contribution in [1.29, 1.82) is 0 Å². The Labute approximate surface area is 581 Å². The van der Waals surface area contributed by atoms with Crippen molar-refractivity contribution in [2.75, 3.05) is 0 Å². The largest absolute Gasteiger partial charge is 0.255 e. The molecule has 0 amide bonds. The summed E-state index contributed by atoms with van der Waals surface area (Å²) in [5, 5.41) is 0. The SMILES string of the molecule is c1cc(-c2ccc(-c3ccc4c(c3)-c3ccccc3C43c4ccccc4C4(c5ccccc5-c5ccccc54)c4ccccc43)cc2)nc(-c2cc(-c3ccc(-c4ccc5c(c4)C4(c6ccccc6-c6ccccc64)c4ccccc4C54c5ccccc5-c5ccccc54)cc3)ccn2)c1. The van der Waals surface area contributed by atoms with Crippen LogP contribution < -0.4 is 0 Å². The minimum absolute atomic E-state index is 0.470. The number of hydrogen-bond donors (Lipinski definition) is 0. The summed E-state index contributed by atoms with van der Waals surface area (Å²) < 4.78 is 0. The van der Waals surface area contributed by atoms with Gasteiger partial charge in [0.1, 0.15) is 0 Å². The van der Waals surface area contributed by atoms with Crippen molar-refractivity contribution in [3.8, 4) is 101 Å². The summed E-state index contributed by atoms with van der Waals surface area (Å²) in [4.78, 5) is 10.3. The van der Waals surface area contributed by atoms with Crippen LogP contribution in [0, 0.1) is 0 Å². The topological polar surface area (TPSA) is 25.8 Å². The predicted octanol–water partition coefficient (Wildman–Crippen LogP) is 22.9. The summed E-state index contributed by atoms with van der Waals surface area (Å²) in [5.74, 6) is 0. The Bertz CT molecular complexity index is 6000. The van der Waals surface area contributed by atoms with E-state index in [1.54, 1.807) is 0 Å². The Morgan fingerprint density at radius 1 is 0.150 bits per heavy atom. The minimum atomic E-state index is -0.557. The van der Waals surface area contributed by atoms with Gasteiger partial charge in [0.05, 0.1) is 38.7 Å². The predicted molar refractivity (Wildman–Crippen MR) is 406 cm³/mol. The number of pyridine rings is 2. The highest BCUT2D eigenvalue weighted by Crippen LogP contribution is 2.70. The zero-order valence-corrected chi connectivity index (χ0v) is 54.5. The zero-order valence-electron chi connectivity index (χ0n) is 54.5. The molecule has 0 saturated heterocycles. The first-order chi connectivity index (χ1) is 49.6. The summed E-state index contributed by atoms with van der Waals surface area (Å²) in [5.41, 5.74) is 40.2. The lowest BCUT2D eigenvalue weighted by Gasteiger charge is -2.49. The number of hydrogen-bond acceptors (Lipinski definition) is 2. The van der Waals surface area contributed by atoms with Gasteiger partial charge >= 0.3 is 0 Å². The molecule has 0 aliphatic heterocycles. The van der Waals surface area contributed by atoms with E-state index in [4.69, 9.17) is 9.97 Å². The molecule has 2 heterocycles. The van der Waals surface area contributed by atoms with Gasteiger partial charge in [-0.05, 0) is 203 Å². The molecule has 0 N–H and O–H groups in total. The van der Waals surface area contributed by atoms with E-state index in [2.05, 4.69) is 358 Å². The van der Waals surface area contributed by atoms with E-state index in [9.17, 15) is 0 Å². The molecule has 2 nitrogen and oxygen atoms in total. The third-order valence-corrected chi connectivity index (χ3v) is 23.8. The Kier molecular flexibility index (Phi) is 11.4. The molecule has 0 atom stereocenters. The van der Waals surface area contributed by atoms with E-state index in [0.29, 0.717) is 0 Å². The average molecular weight is 1270 g/mol. The van der Waals surface area contributed by atoms with Gasteiger partial charge in [-0.25, -0.2) is 4.98 Å². The molecular formula is C98H60N2. The van der Waals surface area contributed by atoms with Gasteiger partial charge in [-0.3, -0.25) is 4.98 Å². The van der Waals surface area contributed by atoms with Crippen LogP contribution in [0.1, 0.15) is 89.0 Å². The van der Waals surface area contributed by atoms with Gasteiger partial charge in [-0.15, -0.1) is 0 Å². The lowest BCUT2D eigenvalue weighted by molar-refractivity contribution is 0.633. The third kappa shape index (κ3) is 6.97. The van der Waals surface area contributed by atoms with Crippen LogP contribution in [0.15, 0.2) is 364 Å². The summed E-state index contributed by atoms with van der Waals surface area (Å²) in [6.07, 6.45) is 1.92. The summed E-state index contributed by atoms with van der Waals surface area (Å²) in [6, 6.07) is 135. The van der Waals surface area contributed by atoms with Crippen molar-refractivity contribution in [3.63, 3.8) is 0 Å². The van der Waals surface area contributed by atoms with Crippen LogP contribution >= 0.6 is 0 Å². The van der Waals surface area contributed by atoms with Gasteiger partial charge in [-0.1, -0.05) is 322 Å². The second kappa shape index (κ2) is 20.5. The van der Waals surface area contributed by atoms with Crippen LogP contribution in [0.4, 0.5) is 0 Å². The van der Waals surface area contributed by atoms with Gasteiger partial charge < -0.3 is 0 Å². The fraction of sp³-hybridized carbons (Fsp3) is 0.0408. The minimum Gasteiger partial charge on any atom is -0.255 e. The molecule has 100 heavy (non-hydrogen) atoms. The maximum Gasteiger partial charge on any atom is 0.0893 e. The Morgan fingerprint density at radius 3 is 0.790 bits per heavy atom. The summed E-state index contributed by atoms with van der Waals surface area (Å²) in [7, 11) is 0. The van der Waals surface area contributed by atoms with E-state index >= 15 is 0 Å². The quantitative estimate of drug-likeness (QED) is 0.172. The molecule has 0 radical (unpaired) electrons. The maximum absolute atomic E-state index is 5.31. The second-order valence-corrected chi connectivity index (χ2v) is 28.0. The first kappa shape index (κ1) is 55.5. The van der Waals surface area contributed by atoms with Gasteiger partial charge in [-0.2, -0.15) is 0 Å². The lowest BCUT2D eigenvalue weighted by atomic mass is 9.52. The van der Waals surface area contributed by atoms with Crippen LogP contribution in [-0.2, 0) is 21.7 Å². The average Bonchev–Trinajstić information content (AvgIpc) is 1.46. The molecule has 4 spiro atoms. The molecule has 2 aromatic heterocycles. The molecule has 0 fully saturated rings. The lowest BCUT2D eigenvalue weighted by Crippen LogP contribution is -2.43. The number of rotatable bonds is 5. The molecule has 6 aliphatic carbocycles. The molecule has 6 aliphatic rings. The number of fused-ring (bicyclic) bond motifs is 32. The molecule has 0 unspecified atom stereocenters. The number of nitrogens with zero attached hydrogens (tertiary/aromatic N) is 2. The van der Waals surface area contributed by atoms with Crippen LogP contribution in [0.5, 0.6) is 0 Å². The van der Waals surface area contributed by atoms with Crippen molar-refractivity contribution >= 4 is 0 Å².